The maximum atomic E-state index is 12.7. The second-order valence-corrected chi connectivity index (χ2v) is 8.21. The Morgan fingerprint density at radius 1 is 1.16 bits per heavy atom. The van der Waals surface area contributed by atoms with Crippen LogP contribution in [0.25, 0.3) is 6.08 Å². The van der Waals surface area contributed by atoms with Gasteiger partial charge in [0.1, 0.15) is 0 Å². The Morgan fingerprint density at radius 2 is 1.68 bits per heavy atom. The minimum atomic E-state index is -2.49. The molecular weight excluding hydrogens is 345 g/mol. The SMILES string of the molecule is CC(=O)SCC(=Cc1ccc(C(F)F)cc1)B1OC(C)(C)C(C)(C)O1. The summed E-state index contributed by atoms with van der Waals surface area (Å²) in [6.45, 7) is 9.34. The molecule has 0 spiro atoms. The number of halogens is 2. The Labute approximate surface area is 152 Å². The van der Waals surface area contributed by atoms with Crippen LogP contribution >= 0.6 is 11.8 Å². The Balaban J connectivity index is 2.28. The Bertz CT molecular complexity index is 641. The summed E-state index contributed by atoms with van der Waals surface area (Å²) < 4.78 is 37.5. The van der Waals surface area contributed by atoms with Gasteiger partial charge in [0, 0.05) is 18.2 Å². The van der Waals surface area contributed by atoms with Gasteiger partial charge in [-0.1, -0.05) is 42.1 Å². The highest BCUT2D eigenvalue weighted by Crippen LogP contribution is 2.39. The molecule has 136 valence electrons. The van der Waals surface area contributed by atoms with Gasteiger partial charge in [0.25, 0.3) is 6.43 Å². The topological polar surface area (TPSA) is 35.5 Å². The predicted octanol–water partition coefficient (Wildman–Crippen LogP) is 4.92. The molecule has 25 heavy (non-hydrogen) atoms. The molecule has 0 radical (unpaired) electrons. The molecule has 7 heteroatoms. The van der Waals surface area contributed by atoms with E-state index in [0.717, 1.165) is 11.0 Å². The first-order chi connectivity index (χ1) is 11.5. The number of rotatable bonds is 5. The molecule has 0 amide bonds. The van der Waals surface area contributed by atoms with E-state index in [-0.39, 0.29) is 10.7 Å². The molecule has 0 atom stereocenters. The average Bonchev–Trinajstić information content (AvgIpc) is 2.72. The fraction of sp³-hybridized carbons (Fsp3) is 0.500. The molecule has 1 aliphatic heterocycles. The first kappa shape index (κ1) is 20.1. The van der Waals surface area contributed by atoms with Gasteiger partial charge < -0.3 is 9.31 Å². The van der Waals surface area contributed by atoms with E-state index in [4.69, 9.17) is 9.31 Å². The molecule has 0 bridgehead atoms. The summed E-state index contributed by atoms with van der Waals surface area (Å²) in [7, 11) is -0.577. The van der Waals surface area contributed by atoms with E-state index >= 15 is 0 Å². The Morgan fingerprint density at radius 3 is 2.12 bits per heavy atom. The fourth-order valence-corrected chi connectivity index (χ4v) is 2.90. The van der Waals surface area contributed by atoms with Crippen LogP contribution in [0.2, 0.25) is 0 Å². The highest BCUT2D eigenvalue weighted by atomic mass is 32.2. The van der Waals surface area contributed by atoms with E-state index in [1.165, 1.54) is 30.8 Å². The maximum absolute atomic E-state index is 12.7. The highest BCUT2D eigenvalue weighted by molar-refractivity contribution is 8.13. The summed E-state index contributed by atoms with van der Waals surface area (Å²) in [6, 6.07) is 6.06. The van der Waals surface area contributed by atoms with Crippen LogP contribution < -0.4 is 0 Å². The third-order valence-electron chi connectivity index (χ3n) is 4.54. The molecular formula is C18H23BF2O3S. The lowest BCUT2D eigenvalue weighted by Gasteiger charge is -2.32. The van der Waals surface area contributed by atoms with Crippen LogP contribution in [0.4, 0.5) is 8.78 Å². The number of hydrogen-bond donors (Lipinski definition) is 0. The van der Waals surface area contributed by atoms with Crippen molar-refractivity contribution in [3.05, 3.63) is 40.9 Å². The van der Waals surface area contributed by atoms with Crippen LogP contribution in [0.15, 0.2) is 29.7 Å². The van der Waals surface area contributed by atoms with Gasteiger partial charge in [-0.05, 0) is 38.7 Å². The number of carbonyl (C=O) groups excluding carboxylic acids is 1. The van der Waals surface area contributed by atoms with E-state index in [2.05, 4.69) is 0 Å². The third kappa shape index (κ3) is 4.93. The lowest BCUT2D eigenvalue weighted by molar-refractivity contribution is -0.109. The van der Waals surface area contributed by atoms with E-state index in [1.54, 1.807) is 12.1 Å². The molecule has 1 aromatic carbocycles. The molecule has 1 aromatic rings. The largest absolute Gasteiger partial charge is 0.491 e. The smallest absolute Gasteiger partial charge is 0.400 e. The van der Waals surface area contributed by atoms with Gasteiger partial charge in [0.15, 0.2) is 5.12 Å². The zero-order valence-electron chi connectivity index (χ0n) is 15.1. The lowest BCUT2D eigenvalue weighted by Crippen LogP contribution is -2.41. The van der Waals surface area contributed by atoms with Crippen LogP contribution in [-0.4, -0.2) is 29.2 Å². The van der Waals surface area contributed by atoms with Gasteiger partial charge in [0.05, 0.1) is 11.2 Å². The van der Waals surface area contributed by atoms with Crippen molar-refractivity contribution >= 4 is 30.1 Å². The van der Waals surface area contributed by atoms with Crippen LogP contribution in [0.5, 0.6) is 0 Å². The number of hydrogen-bond acceptors (Lipinski definition) is 4. The summed E-state index contributed by atoms with van der Waals surface area (Å²) in [5.74, 6) is 0.419. The number of carbonyl (C=O) groups is 1. The average molecular weight is 368 g/mol. The van der Waals surface area contributed by atoms with Gasteiger partial charge in [0.2, 0.25) is 0 Å². The molecule has 0 aliphatic carbocycles. The molecule has 0 unspecified atom stereocenters. The molecule has 0 saturated carbocycles. The van der Waals surface area contributed by atoms with Crippen molar-refractivity contribution in [3.63, 3.8) is 0 Å². The standard InChI is InChI=1S/C18H23BF2O3S/c1-12(22)25-11-15(19-23-17(2,3)18(4,5)24-19)10-13-6-8-14(9-7-13)16(20)21/h6-10,16H,11H2,1-5H3. The van der Waals surface area contributed by atoms with E-state index in [0.29, 0.717) is 5.75 Å². The number of benzene rings is 1. The van der Waals surface area contributed by atoms with Crippen molar-refractivity contribution in [3.8, 4) is 0 Å². The normalized spacial score (nSPS) is 19.5. The molecule has 1 fully saturated rings. The van der Waals surface area contributed by atoms with Crippen LogP contribution in [0.3, 0.4) is 0 Å². The molecule has 1 heterocycles. The van der Waals surface area contributed by atoms with Gasteiger partial charge >= 0.3 is 7.12 Å². The number of alkyl halides is 2. The monoisotopic (exact) mass is 368 g/mol. The Hall–Kier alpha value is -1.18. The Kier molecular flexibility index (Phi) is 6.12. The molecule has 0 aromatic heterocycles. The molecule has 0 N–H and O–H groups in total. The van der Waals surface area contributed by atoms with Gasteiger partial charge in [-0.25, -0.2) is 8.78 Å². The summed E-state index contributed by atoms with van der Waals surface area (Å²) >= 11 is 1.17. The van der Waals surface area contributed by atoms with Crippen LogP contribution in [-0.2, 0) is 14.1 Å². The van der Waals surface area contributed by atoms with Crippen molar-refractivity contribution < 1.29 is 22.9 Å². The van der Waals surface area contributed by atoms with E-state index in [1.807, 2.05) is 33.8 Å². The van der Waals surface area contributed by atoms with E-state index < -0.39 is 24.7 Å². The summed E-state index contributed by atoms with van der Waals surface area (Å²) in [4.78, 5) is 11.4. The molecule has 3 nitrogen and oxygen atoms in total. The summed E-state index contributed by atoms with van der Waals surface area (Å²) in [6.07, 6.45) is -0.651. The molecule has 1 saturated heterocycles. The van der Waals surface area contributed by atoms with Crippen molar-refractivity contribution in [2.45, 2.75) is 52.2 Å². The zero-order valence-corrected chi connectivity index (χ0v) is 16.0. The summed E-state index contributed by atoms with van der Waals surface area (Å²) in [5, 5.41) is -0.00420. The second-order valence-electron chi connectivity index (χ2n) is 7.06. The van der Waals surface area contributed by atoms with Crippen molar-refractivity contribution in [2.75, 3.05) is 5.75 Å². The zero-order chi connectivity index (χ0) is 18.8. The van der Waals surface area contributed by atoms with Crippen molar-refractivity contribution in [1.29, 1.82) is 0 Å². The predicted molar refractivity (Wildman–Crippen MR) is 98.6 cm³/mol. The van der Waals surface area contributed by atoms with Gasteiger partial charge in [-0.2, -0.15) is 0 Å². The minimum absolute atomic E-state index is 0.00420. The van der Waals surface area contributed by atoms with Gasteiger partial charge in [-0.15, -0.1) is 0 Å². The fourth-order valence-electron chi connectivity index (χ4n) is 2.31. The first-order valence-electron chi connectivity index (χ1n) is 8.09. The quantitative estimate of drug-likeness (QED) is 0.692. The maximum Gasteiger partial charge on any atom is 0.491 e. The first-order valence-corrected chi connectivity index (χ1v) is 9.08. The number of thioether (sulfide) groups is 1. The van der Waals surface area contributed by atoms with Crippen molar-refractivity contribution in [1.82, 2.24) is 0 Å². The van der Waals surface area contributed by atoms with Crippen LogP contribution in [0, 0.1) is 0 Å². The molecule has 1 aliphatic rings. The third-order valence-corrected chi connectivity index (χ3v) is 5.42. The van der Waals surface area contributed by atoms with E-state index in [9.17, 15) is 13.6 Å². The second kappa shape index (κ2) is 7.60. The summed E-state index contributed by atoms with van der Waals surface area (Å²) in [5.41, 5.74) is 0.559. The highest BCUT2D eigenvalue weighted by Gasteiger charge is 2.52. The molecule has 2 rings (SSSR count). The minimum Gasteiger partial charge on any atom is -0.400 e. The van der Waals surface area contributed by atoms with Crippen molar-refractivity contribution in [2.24, 2.45) is 0 Å². The lowest BCUT2D eigenvalue weighted by atomic mass is 9.78. The van der Waals surface area contributed by atoms with Crippen LogP contribution in [0.1, 0.15) is 52.2 Å². The van der Waals surface area contributed by atoms with Gasteiger partial charge in [-0.3, -0.25) is 4.79 Å².